The van der Waals surface area contributed by atoms with Crippen molar-refractivity contribution in [1.29, 1.82) is 0 Å². The van der Waals surface area contributed by atoms with Crippen LogP contribution in [0.15, 0.2) is 29.2 Å². The maximum atomic E-state index is 12.7. The van der Waals surface area contributed by atoms with E-state index < -0.39 is 12.0 Å². The molecule has 3 amide bonds. The molecule has 1 aromatic carbocycles. The number of thioether (sulfide) groups is 1. The van der Waals surface area contributed by atoms with Crippen molar-refractivity contribution in [2.24, 2.45) is 0 Å². The number of anilines is 1. The van der Waals surface area contributed by atoms with Crippen molar-refractivity contribution >= 4 is 35.4 Å². The number of fused-ring (bicyclic) bond motifs is 1. The summed E-state index contributed by atoms with van der Waals surface area (Å²) >= 11 is 1.72. The van der Waals surface area contributed by atoms with Crippen LogP contribution >= 0.6 is 11.8 Å². The lowest BCUT2D eigenvalue weighted by atomic mass is 9.96. The largest absolute Gasteiger partial charge is 0.454 e. The Balaban J connectivity index is 1.31. The molecule has 2 heterocycles. The molecular formula is C22H29N3O4S. The average molecular weight is 432 g/mol. The van der Waals surface area contributed by atoms with Crippen LogP contribution < -0.4 is 10.2 Å². The fraction of sp³-hybridized carbons (Fsp3) is 0.591. The van der Waals surface area contributed by atoms with Gasteiger partial charge >= 0.3 is 12.0 Å². The fourth-order valence-corrected chi connectivity index (χ4v) is 5.49. The molecule has 0 radical (unpaired) electrons. The first-order valence-corrected chi connectivity index (χ1v) is 11.9. The number of benzene rings is 1. The summed E-state index contributed by atoms with van der Waals surface area (Å²) in [7, 11) is 0. The third-order valence-corrected chi connectivity index (χ3v) is 7.13. The summed E-state index contributed by atoms with van der Waals surface area (Å²) in [5.41, 5.74) is 0.865. The van der Waals surface area contributed by atoms with Gasteiger partial charge in [-0.2, -0.15) is 0 Å². The number of rotatable bonds is 4. The molecule has 1 unspecified atom stereocenters. The zero-order chi connectivity index (χ0) is 20.9. The second kappa shape index (κ2) is 9.73. The maximum Gasteiger partial charge on any atom is 0.329 e. The van der Waals surface area contributed by atoms with Crippen LogP contribution in [0.1, 0.15) is 44.9 Å². The van der Waals surface area contributed by atoms with Crippen molar-refractivity contribution in [3.8, 4) is 0 Å². The van der Waals surface area contributed by atoms with Gasteiger partial charge in [-0.15, -0.1) is 11.8 Å². The number of hydrogen-bond donors (Lipinski definition) is 1. The Bertz CT molecular complexity index is 796. The highest BCUT2D eigenvalue weighted by molar-refractivity contribution is 7.99. The van der Waals surface area contributed by atoms with E-state index in [1.807, 2.05) is 24.3 Å². The molecule has 1 aromatic rings. The summed E-state index contributed by atoms with van der Waals surface area (Å²) < 4.78 is 5.37. The molecule has 7 nitrogen and oxygen atoms in total. The Morgan fingerprint density at radius 2 is 1.83 bits per heavy atom. The topological polar surface area (TPSA) is 79.0 Å². The summed E-state index contributed by atoms with van der Waals surface area (Å²) in [5.74, 6) is 0.0978. The minimum Gasteiger partial charge on any atom is -0.454 e. The number of para-hydroxylation sites is 1. The molecule has 8 heteroatoms. The second-order valence-corrected chi connectivity index (χ2v) is 9.24. The van der Waals surface area contributed by atoms with Crippen LogP contribution in [0.4, 0.5) is 10.5 Å². The molecule has 1 saturated carbocycles. The highest BCUT2D eigenvalue weighted by Gasteiger charge is 2.36. The summed E-state index contributed by atoms with van der Waals surface area (Å²) in [6, 6.07) is 7.16. The van der Waals surface area contributed by atoms with Crippen LogP contribution in [-0.4, -0.2) is 60.3 Å². The SMILES string of the molecule is O=C(OCC(=O)N1CCSc2ccccc21)C1CCCN1C(=O)NC1CCCCC1. The first-order chi connectivity index (χ1) is 14.6. The van der Waals surface area contributed by atoms with Gasteiger partial charge in [0.25, 0.3) is 5.91 Å². The molecule has 4 rings (SSSR count). The highest BCUT2D eigenvalue weighted by atomic mass is 32.2. The molecule has 1 N–H and O–H groups in total. The van der Waals surface area contributed by atoms with Crippen LogP contribution in [0.25, 0.3) is 0 Å². The van der Waals surface area contributed by atoms with E-state index in [9.17, 15) is 14.4 Å². The lowest BCUT2D eigenvalue weighted by molar-refractivity contribution is -0.151. The molecule has 1 atom stereocenters. The minimum atomic E-state index is -0.606. The molecule has 0 spiro atoms. The van der Waals surface area contributed by atoms with E-state index in [2.05, 4.69) is 5.32 Å². The van der Waals surface area contributed by atoms with Gasteiger partial charge in [-0.1, -0.05) is 31.4 Å². The molecule has 1 aliphatic carbocycles. The van der Waals surface area contributed by atoms with Crippen molar-refractivity contribution in [3.05, 3.63) is 24.3 Å². The van der Waals surface area contributed by atoms with Gasteiger partial charge in [0, 0.05) is 29.8 Å². The Labute approximate surface area is 181 Å². The predicted octanol–water partition coefficient (Wildman–Crippen LogP) is 3.18. The molecule has 3 aliphatic rings. The van der Waals surface area contributed by atoms with Crippen molar-refractivity contribution in [3.63, 3.8) is 0 Å². The fourth-order valence-electron chi connectivity index (χ4n) is 4.49. The van der Waals surface area contributed by atoms with Gasteiger partial charge in [-0.25, -0.2) is 9.59 Å². The van der Waals surface area contributed by atoms with Crippen LogP contribution in [0, 0.1) is 0 Å². The number of amides is 3. The monoisotopic (exact) mass is 431 g/mol. The summed E-state index contributed by atoms with van der Waals surface area (Å²) in [4.78, 5) is 42.4. The average Bonchev–Trinajstić information content (AvgIpc) is 3.28. The number of nitrogens with one attached hydrogen (secondary N) is 1. The zero-order valence-corrected chi connectivity index (χ0v) is 18.0. The molecule has 1 saturated heterocycles. The van der Waals surface area contributed by atoms with Gasteiger partial charge in [0.2, 0.25) is 0 Å². The lowest BCUT2D eigenvalue weighted by Crippen LogP contribution is -2.50. The third kappa shape index (κ3) is 4.74. The Kier molecular flexibility index (Phi) is 6.82. The summed E-state index contributed by atoms with van der Waals surface area (Å²) in [6.07, 6.45) is 6.83. The maximum absolute atomic E-state index is 12.7. The molecular weight excluding hydrogens is 402 g/mol. The van der Waals surface area contributed by atoms with Crippen LogP contribution in [0.2, 0.25) is 0 Å². The Morgan fingerprint density at radius 3 is 2.67 bits per heavy atom. The van der Waals surface area contributed by atoms with E-state index in [1.54, 1.807) is 21.6 Å². The second-order valence-electron chi connectivity index (χ2n) is 8.11. The predicted molar refractivity (Wildman–Crippen MR) is 116 cm³/mol. The van der Waals surface area contributed by atoms with Gasteiger partial charge < -0.3 is 19.9 Å². The number of nitrogens with zero attached hydrogens (tertiary/aromatic N) is 2. The molecule has 2 fully saturated rings. The molecule has 0 bridgehead atoms. The smallest absolute Gasteiger partial charge is 0.329 e. The quantitative estimate of drug-likeness (QED) is 0.741. The molecule has 30 heavy (non-hydrogen) atoms. The van der Waals surface area contributed by atoms with E-state index in [1.165, 1.54) is 6.42 Å². The number of hydrogen-bond acceptors (Lipinski definition) is 5. The van der Waals surface area contributed by atoms with Crippen molar-refractivity contribution < 1.29 is 19.1 Å². The van der Waals surface area contributed by atoms with Crippen molar-refractivity contribution in [1.82, 2.24) is 10.2 Å². The highest BCUT2D eigenvalue weighted by Crippen LogP contribution is 2.34. The third-order valence-electron chi connectivity index (χ3n) is 6.09. The van der Waals surface area contributed by atoms with E-state index in [0.717, 1.165) is 48.4 Å². The van der Waals surface area contributed by atoms with Gasteiger partial charge in [0.15, 0.2) is 6.61 Å². The van der Waals surface area contributed by atoms with E-state index in [0.29, 0.717) is 19.5 Å². The van der Waals surface area contributed by atoms with E-state index in [-0.39, 0.29) is 24.6 Å². The molecule has 2 aliphatic heterocycles. The first kappa shape index (κ1) is 21.0. The Hall–Kier alpha value is -2.22. The van der Waals surface area contributed by atoms with Crippen LogP contribution in [-0.2, 0) is 14.3 Å². The number of urea groups is 1. The van der Waals surface area contributed by atoms with E-state index >= 15 is 0 Å². The molecule has 162 valence electrons. The Morgan fingerprint density at radius 1 is 1.03 bits per heavy atom. The van der Waals surface area contributed by atoms with Gasteiger partial charge in [0.1, 0.15) is 6.04 Å². The number of carbonyl (C=O) groups is 3. The number of esters is 1. The van der Waals surface area contributed by atoms with Crippen LogP contribution in [0.3, 0.4) is 0 Å². The van der Waals surface area contributed by atoms with Gasteiger partial charge in [-0.3, -0.25) is 4.79 Å². The first-order valence-electron chi connectivity index (χ1n) is 10.9. The normalized spacial score (nSPS) is 21.8. The van der Waals surface area contributed by atoms with Gasteiger partial charge in [0.05, 0.1) is 5.69 Å². The number of carbonyl (C=O) groups excluding carboxylic acids is 3. The van der Waals surface area contributed by atoms with Crippen molar-refractivity contribution in [2.75, 3.05) is 30.3 Å². The van der Waals surface area contributed by atoms with E-state index in [4.69, 9.17) is 4.74 Å². The summed E-state index contributed by atoms with van der Waals surface area (Å²) in [6.45, 7) is 0.840. The zero-order valence-electron chi connectivity index (χ0n) is 17.2. The van der Waals surface area contributed by atoms with Crippen molar-refractivity contribution in [2.45, 2.75) is 61.9 Å². The lowest BCUT2D eigenvalue weighted by Gasteiger charge is -2.30. The molecule has 0 aromatic heterocycles. The van der Waals surface area contributed by atoms with Crippen LogP contribution in [0.5, 0.6) is 0 Å². The minimum absolute atomic E-state index is 0.186. The standard InChI is InChI=1S/C22H29N3O4S/c26-20(24-13-14-30-19-11-5-4-9-17(19)24)15-29-21(27)18-10-6-12-25(18)22(28)23-16-7-2-1-3-8-16/h4-5,9,11,16,18H,1-3,6-8,10,12-15H2,(H,23,28). The number of ether oxygens (including phenoxy) is 1. The summed E-state index contributed by atoms with van der Waals surface area (Å²) in [5, 5.41) is 3.07. The van der Waals surface area contributed by atoms with Gasteiger partial charge in [-0.05, 0) is 37.8 Å². The number of likely N-dealkylation sites (tertiary alicyclic amines) is 1.